The van der Waals surface area contributed by atoms with Crippen LogP contribution in [0, 0.1) is 16.0 Å². The van der Waals surface area contributed by atoms with E-state index >= 15 is 0 Å². The summed E-state index contributed by atoms with van der Waals surface area (Å²) in [5, 5.41) is 15.3. The van der Waals surface area contributed by atoms with Crippen molar-refractivity contribution >= 4 is 22.5 Å². The van der Waals surface area contributed by atoms with Crippen LogP contribution in [0.15, 0.2) is 24.4 Å². The zero-order valence-electron chi connectivity index (χ0n) is 18.0. The number of carbonyl (C=O) groups is 1. The number of hydrogen-bond donors (Lipinski definition) is 2. The fraction of sp³-hybridized carbons (Fsp3) is 0.609. The highest BCUT2D eigenvalue weighted by molar-refractivity contribution is 5.87. The van der Waals surface area contributed by atoms with Crippen molar-refractivity contribution in [3.05, 3.63) is 40.1 Å². The van der Waals surface area contributed by atoms with Crippen LogP contribution < -0.4 is 5.32 Å². The number of aromatic nitrogens is 1. The van der Waals surface area contributed by atoms with Crippen molar-refractivity contribution in [2.75, 3.05) is 39.4 Å². The van der Waals surface area contributed by atoms with Gasteiger partial charge in [-0.25, -0.2) is 0 Å². The SMILES string of the molecule is O=C(C[C@H](c1c[nH]c2ccc([N+](=O)[O-])cc12)C1CCCCC1)NCCN1CCOCC1. The number of non-ortho nitro benzene ring substituents is 1. The van der Waals surface area contributed by atoms with Gasteiger partial charge in [0.05, 0.1) is 18.1 Å². The van der Waals surface area contributed by atoms with Gasteiger partial charge in [-0.15, -0.1) is 0 Å². The van der Waals surface area contributed by atoms with E-state index in [1.165, 1.54) is 25.3 Å². The summed E-state index contributed by atoms with van der Waals surface area (Å²) in [6, 6.07) is 4.93. The van der Waals surface area contributed by atoms with Crippen LogP contribution in [0.2, 0.25) is 0 Å². The molecule has 2 heterocycles. The summed E-state index contributed by atoms with van der Waals surface area (Å²) < 4.78 is 5.37. The summed E-state index contributed by atoms with van der Waals surface area (Å²) in [5.41, 5.74) is 2.01. The highest BCUT2D eigenvalue weighted by atomic mass is 16.6. The lowest BCUT2D eigenvalue weighted by atomic mass is 9.75. The van der Waals surface area contributed by atoms with Crippen LogP contribution in [-0.2, 0) is 9.53 Å². The van der Waals surface area contributed by atoms with Crippen molar-refractivity contribution in [3.8, 4) is 0 Å². The summed E-state index contributed by atoms with van der Waals surface area (Å²) in [6.45, 7) is 4.80. The van der Waals surface area contributed by atoms with E-state index in [1.54, 1.807) is 12.1 Å². The Morgan fingerprint density at radius 1 is 1.26 bits per heavy atom. The third-order valence-electron chi connectivity index (χ3n) is 6.79. The minimum atomic E-state index is -0.357. The molecule has 1 aromatic heterocycles. The Morgan fingerprint density at radius 2 is 2.03 bits per heavy atom. The molecule has 0 unspecified atom stereocenters. The first-order valence-corrected chi connectivity index (χ1v) is 11.4. The van der Waals surface area contributed by atoms with Crippen LogP contribution in [0.1, 0.15) is 50.0 Å². The normalized spacial score (nSPS) is 19.4. The van der Waals surface area contributed by atoms with E-state index in [0.717, 1.165) is 62.2 Å². The van der Waals surface area contributed by atoms with E-state index in [9.17, 15) is 14.9 Å². The second-order valence-electron chi connectivity index (χ2n) is 8.74. The standard InChI is InChI=1S/C23H32N4O4/c28-23(24-8-9-26-10-12-31-13-11-26)15-19(17-4-2-1-3-5-17)21-16-25-22-7-6-18(27(29)30)14-20(21)22/h6-7,14,16-17,19,25H,1-5,8-13,15H2,(H,24,28)/t19-/m0/s1. The number of hydrogen-bond acceptors (Lipinski definition) is 5. The second-order valence-corrected chi connectivity index (χ2v) is 8.74. The van der Waals surface area contributed by atoms with E-state index in [0.29, 0.717) is 18.9 Å². The van der Waals surface area contributed by atoms with Gasteiger partial charge in [0.2, 0.25) is 5.91 Å². The highest BCUT2D eigenvalue weighted by Gasteiger charge is 2.29. The Labute approximate surface area is 182 Å². The van der Waals surface area contributed by atoms with Crippen LogP contribution in [0.25, 0.3) is 10.9 Å². The van der Waals surface area contributed by atoms with Gasteiger partial charge in [-0.05, 0) is 36.3 Å². The van der Waals surface area contributed by atoms with Gasteiger partial charge in [-0.2, -0.15) is 0 Å². The topological polar surface area (TPSA) is 100 Å². The van der Waals surface area contributed by atoms with Crippen LogP contribution in [0.5, 0.6) is 0 Å². The van der Waals surface area contributed by atoms with E-state index in [2.05, 4.69) is 15.2 Å². The van der Waals surface area contributed by atoms with Crippen molar-refractivity contribution in [2.24, 2.45) is 5.92 Å². The zero-order valence-corrected chi connectivity index (χ0v) is 18.0. The summed E-state index contributed by atoms with van der Waals surface area (Å²) in [5.74, 6) is 0.556. The fourth-order valence-electron chi connectivity index (χ4n) is 5.07. The van der Waals surface area contributed by atoms with E-state index in [1.807, 2.05) is 6.20 Å². The minimum absolute atomic E-state index is 0.0589. The monoisotopic (exact) mass is 428 g/mol. The molecule has 2 N–H and O–H groups in total. The molecule has 0 spiro atoms. The molecule has 1 aliphatic heterocycles. The van der Waals surface area contributed by atoms with Crippen molar-refractivity contribution in [2.45, 2.75) is 44.4 Å². The molecule has 0 bridgehead atoms. The predicted octanol–water partition coefficient (Wildman–Crippen LogP) is 3.58. The molecule has 1 aliphatic carbocycles. The van der Waals surface area contributed by atoms with Crippen LogP contribution in [0.3, 0.4) is 0 Å². The number of nitrogens with one attached hydrogen (secondary N) is 2. The van der Waals surface area contributed by atoms with E-state index in [4.69, 9.17) is 4.74 Å². The van der Waals surface area contributed by atoms with Crippen molar-refractivity contribution in [1.29, 1.82) is 0 Å². The number of rotatable bonds is 8. The average Bonchev–Trinajstić information content (AvgIpc) is 3.22. The molecule has 2 fully saturated rings. The summed E-state index contributed by atoms with van der Waals surface area (Å²) in [7, 11) is 0. The number of carbonyl (C=O) groups excluding carboxylic acids is 1. The van der Waals surface area contributed by atoms with Gasteiger partial charge in [0.15, 0.2) is 0 Å². The Morgan fingerprint density at radius 3 is 2.77 bits per heavy atom. The fourth-order valence-corrected chi connectivity index (χ4v) is 5.07. The van der Waals surface area contributed by atoms with Gasteiger partial charge in [0, 0.05) is 61.8 Å². The van der Waals surface area contributed by atoms with Gasteiger partial charge in [0.1, 0.15) is 0 Å². The molecule has 0 radical (unpaired) electrons. The molecule has 4 rings (SSSR count). The van der Waals surface area contributed by atoms with Crippen LogP contribution in [-0.4, -0.2) is 60.1 Å². The third kappa shape index (κ3) is 5.43. The zero-order chi connectivity index (χ0) is 21.6. The number of nitro groups is 1. The molecule has 1 saturated heterocycles. The molecule has 1 aromatic carbocycles. The van der Waals surface area contributed by atoms with Crippen molar-refractivity contribution in [1.82, 2.24) is 15.2 Å². The molecule has 8 heteroatoms. The molecule has 2 aromatic rings. The first-order chi connectivity index (χ1) is 15.1. The summed E-state index contributed by atoms with van der Waals surface area (Å²) >= 11 is 0. The number of ether oxygens (including phenoxy) is 1. The molecule has 31 heavy (non-hydrogen) atoms. The molecular formula is C23H32N4O4. The van der Waals surface area contributed by atoms with Crippen molar-refractivity contribution in [3.63, 3.8) is 0 Å². The highest BCUT2D eigenvalue weighted by Crippen LogP contribution is 2.41. The van der Waals surface area contributed by atoms with E-state index < -0.39 is 0 Å². The Balaban J connectivity index is 1.48. The van der Waals surface area contributed by atoms with Crippen LogP contribution in [0.4, 0.5) is 5.69 Å². The maximum atomic E-state index is 12.9. The smallest absolute Gasteiger partial charge is 0.270 e. The lowest BCUT2D eigenvalue weighted by molar-refractivity contribution is -0.384. The Kier molecular flexibility index (Phi) is 7.19. The third-order valence-corrected chi connectivity index (χ3v) is 6.79. The van der Waals surface area contributed by atoms with Crippen LogP contribution >= 0.6 is 0 Å². The lowest BCUT2D eigenvalue weighted by Crippen LogP contribution is -2.41. The maximum Gasteiger partial charge on any atom is 0.270 e. The van der Waals surface area contributed by atoms with Gasteiger partial charge >= 0.3 is 0 Å². The average molecular weight is 429 g/mol. The number of amides is 1. The quantitative estimate of drug-likeness (QED) is 0.494. The lowest BCUT2D eigenvalue weighted by Gasteiger charge is -2.30. The second kappa shape index (κ2) is 10.2. The van der Waals surface area contributed by atoms with Gasteiger partial charge < -0.3 is 15.0 Å². The van der Waals surface area contributed by atoms with Crippen molar-refractivity contribution < 1.29 is 14.5 Å². The number of morpholine rings is 1. The molecule has 168 valence electrons. The summed E-state index contributed by atoms with van der Waals surface area (Å²) in [4.78, 5) is 29.4. The number of benzene rings is 1. The molecular weight excluding hydrogens is 396 g/mol. The number of H-pyrrole nitrogens is 1. The molecule has 1 amide bonds. The first kappa shape index (κ1) is 21.8. The number of nitrogens with zero attached hydrogens (tertiary/aromatic N) is 2. The number of aromatic amines is 1. The predicted molar refractivity (Wildman–Crippen MR) is 119 cm³/mol. The number of nitro benzene ring substituents is 1. The number of fused-ring (bicyclic) bond motifs is 1. The molecule has 1 saturated carbocycles. The van der Waals surface area contributed by atoms with E-state index in [-0.39, 0.29) is 22.4 Å². The molecule has 8 nitrogen and oxygen atoms in total. The maximum absolute atomic E-state index is 12.9. The largest absolute Gasteiger partial charge is 0.379 e. The minimum Gasteiger partial charge on any atom is -0.379 e. The van der Waals surface area contributed by atoms with Gasteiger partial charge in [-0.1, -0.05) is 19.3 Å². The van der Waals surface area contributed by atoms with Gasteiger partial charge in [-0.3, -0.25) is 19.8 Å². The Hall–Kier alpha value is -2.45. The Bertz CT molecular complexity index is 900. The van der Waals surface area contributed by atoms with Gasteiger partial charge in [0.25, 0.3) is 5.69 Å². The first-order valence-electron chi connectivity index (χ1n) is 11.4. The summed E-state index contributed by atoms with van der Waals surface area (Å²) in [6.07, 6.45) is 8.19. The molecule has 2 aliphatic rings. The molecule has 1 atom stereocenters.